The highest BCUT2D eigenvalue weighted by Gasteiger charge is 2.56. The number of nitrogens with one attached hydrogen (secondary N) is 2. The van der Waals surface area contributed by atoms with Crippen molar-refractivity contribution in [1.82, 2.24) is 20.4 Å². The van der Waals surface area contributed by atoms with E-state index in [0.29, 0.717) is 17.1 Å². The predicted octanol–water partition coefficient (Wildman–Crippen LogP) is 3.55. The lowest BCUT2D eigenvalue weighted by molar-refractivity contribution is -0.142. The Morgan fingerprint density at radius 3 is 2.43 bits per heavy atom. The number of halogens is 3. The van der Waals surface area contributed by atoms with Gasteiger partial charge >= 0.3 is 12.3 Å². The van der Waals surface area contributed by atoms with E-state index in [1.807, 2.05) is 0 Å². The van der Waals surface area contributed by atoms with Gasteiger partial charge < -0.3 is 21.1 Å². The number of amides is 3. The van der Waals surface area contributed by atoms with E-state index in [2.05, 4.69) is 15.7 Å². The minimum atomic E-state index is -4.84. The topological polar surface area (TPSA) is 128 Å². The van der Waals surface area contributed by atoms with Gasteiger partial charge in [0.25, 0.3) is 5.91 Å². The van der Waals surface area contributed by atoms with E-state index in [4.69, 9.17) is 10.5 Å². The zero-order valence-electron chi connectivity index (χ0n) is 21.2. The maximum atomic E-state index is 14.1. The average molecular weight is 526 g/mol. The van der Waals surface area contributed by atoms with Crippen molar-refractivity contribution in [2.24, 2.45) is 34.3 Å². The van der Waals surface area contributed by atoms with Crippen LogP contribution in [0.2, 0.25) is 0 Å². The van der Waals surface area contributed by atoms with Gasteiger partial charge in [-0.1, -0.05) is 6.08 Å². The lowest BCUT2D eigenvalue weighted by atomic mass is 9.48. The van der Waals surface area contributed by atoms with Gasteiger partial charge in [-0.05, 0) is 70.6 Å². The van der Waals surface area contributed by atoms with Crippen molar-refractivity contribution in [3.63, 3.8) is 0 Å². The number of hydrogen-bond acceptors (Lipinski definition) is 5. The Hall–Kier alpha value is -3.05. The Labute approximate surface area is 213 Å². The van der Waals surface area contributed by atoms with Crippen LogP contribution in [-0.2, 0) is 15.7 Å². The Bertz CT molecular complexity index is 1080. The molecule has 1 aromatic rings. The molecule has 2 atom stereocenters. The molecule has 204 valence electrons. The second-order valence-corrected chi connectivity index (χ2v) is 11.3. The van der Waals surface area contributed by atoms with Crippen LogP contribution in [0.3, 0.4) is 0 Å². The molecule has 9 nitrogen and oxygen atoms in total. The third-order valence-corrected chi connectivity index (χ3v) is 8.08. The van der Waals surface area contributed by atoms with Crippen LogP contribution in [0.4, 0.5) is 18.0 Å². The average Bonchev–Trinajstić information content (AvgIpc) is 3.23. The van der Waals surface area contributed by atoms with Crippen molar-refractivity contribution >= 4 is 24.1 Å². The van der Waals surface area contributed by atoms with Gasteiger partial charge in [-0.25, -0.2) is 9.48 Å². The minimum absolute atomic E-state index is 0.0915. The highest BCUT2D eigenvalue weighted by atomic mass is 19.4. The summed E-state index contributed by atoms with van der Waals surface area (Å²) in [6.45, 7) is 5.52. The van der Waals surface area contributed by atoms with Crippen LogP contribution >= 0.6 is 0 Å². The van der Waals surface area contributed by atoms with Gasteiger partial charge in [0.05, 0.1) is 23.8 Å². The summed E-state index contributed by atoms with van der Waals surface area (Å²) in [5.41, 5.74) is 2.14. The third-order valence-electron chi connectivity index (χ3n) is 8.08. The molecule has 4 aliphatic rings. The van der Waals surface area contributed by atoms with Crippen LogP contribution in [0.25, 0.3) is 6.20 Å². The summed E-state index contributed by atoms with van der Waals surface area (Å²) in [6, 6.07) is -0.262. The van der Waals surface area contributed by atoms with Gasteiger partial charge in [-0.15, -0.1) is 0 Å². The van der Waals surface area contributed by atoms with Crippen LogP contribution in [0, 0.1) is 28.6 Å². The first-order valence-electron chi connectivity index (χ1n) is 12.6. The first-order valence-corrected chi connectivity index (χ1v) is 12.6. The number of rotatable bonds is 8. The summed E-state index contributed by atoms with van der Waals surface area (Å²) in [6.07, 6.45) is 1.78. The van der Waals surface area contributed by atoms with Crippen molar-refractivity contribution in [3.8, 4) is 0 Å². The Balaban J connectivity index is 1.53. The zero-order chi connectivity index (χ0) is 27.2. The third kappa shape index (κ3) is 5.47. The highest BCUT2D eigenvalue weighted by molar-refractivity contribution is 5.95. The molecule has 1 aromatic heterocycles. The van der Waals surface area contributed by atoms with Crippen LogP contribution < -0.4 is 16.4 Å². The molecule has 37 heavy (non-hydrogen) atoms. The molecule has 0 aromatic carbocycles. The molecule has 4 bridgehead atoms. The highest BCUT2D eigenvalue weighted by Crippen LogP contribution is 2.60. The minimum Gasteiger partial charge on any atom is -0.449 e. The zero-order valence-corrected chi connectivity index (χ0v) is 21.2. The fraction of sp³-hybridized carbons (Fsp3) is 0.680. The second kappa shape index (κ2) is 9.68. The first kappa shape index (κ1) is 27.0. The molecular weight excluding hydrogens is 491 g/mol. The van der Waals surface area contributed by atoms with Gasteiger partial charge in [-0.2, -0.15) is 18.3 Å². The normalized spacial score (nSPS) is 28.9. The van der Waals surface area contributed by atoms with Crippen molar-refractivity contribution in [3.05, 3.63) is 23.5 Å². The molecule has 2 unspecified atom stereocenters. The van der Waals surface area contributed by atoms with Gasteiger partial charge in [0.1, 0.15) is 0 Å². The summed E-state index contributed by atoms with van der Waals surface area (Å²) >= 11 is 0. The maximum Gasteiger partial charge on any atom is 0.434 e. The summed E-state index contributed by atoms with van der Waals surface area (Å²) in [7, 11) is 0. The summed E-state index contributed by atoms with van der Waals surface area (Å²) in [5.74, 6) is -0.544. The van der Waals surface area contributed by atoms with E-state index in [1.165, 1.54) is 6.08 Å². The van der Waals surface area contributed by atoms with Crippen molar-refractivity contribution < 1.29 is 32.3 Å². The number of carbonyl (C=O) groups is 3. The second-order valence-electron chi connectivity index (χ2n) is 11.3. The van der Waals surface area contributed by atoms with Crippen LogP contribution in [-0.4, -0.2) is 46.9 Å². The van der Waals surface area contributed by atoms with Gasteiger partial charge in [0.15, 0.2) is 5.69 Å². The molecule has 4 saturated carbocycles. The number of alkyl halides is 3. The van der Waals surface area contributed by atoms with E-state index in [-0.39, 0.29) is 35.8 Å². The van der Waals surface area contributed by atoms with E-state index < -0.39 is 34.8 Å². The molecule has 4 aliphatic carbocycles. The fourth-order valence-electron chi connectivity index (χ4n) is 6.70. The first-order chi connectivity index (χ1) is 17.2. The summed E-state index contributed by atoms with van der Waals surface area (Å²) in [5, 5.41) is 9.33. The molecule has 1 heterocycles. The molecule has 0 aliphatic heterocycles. The van der Waals surface area contributed by atoms with E-state index >= 15 is 0 Å². The van der Waals surface area contributed by atoms with E-state index in [1.54, 1.807) is 20.8 Å². The molecule has 0 spiro atoms. The molecule has 3 amide bonds. The van der Waals surface area contributed by atoms with Gasteiger partial charge in [0, 0.05) is 24.2 Å². The van der Waals surface area contributed by atoms with E-state index in [9.17, 15) is 27.6 Å². The molecular formula is C25H34F3N5O4. The monoisotopic (exact) mass is 525 g/mol. The number of aromatic nitrogens is 2. The largest absolute Gasteiger partial charge is 0.449 e. The number of nitrogens with two attached hydrogens (primary N) is 1. The van der Waals surface area contributed by atoms with Crippen molar-refractivity contribution in [1.29, 1.82) is 0 Å². The molecule has 12 heteroatoms. The number of primary amides is 1. The Morgan fingerprint density at radius 1 is 1.22 bits per heavy atom. The molecule has 4 N–H and O–H groups in total. The Kier molecular flexibility index (Phi) is 7.06. The van der Waals surface area contributed by atoms with Crippen molar-refractivity contribution in [2.45, 2.75) is 65.1 Å². The number of carbonyl (C=O) groups excluding carboxylic acids is 3. The lowest BCUT2D eigenvalue weighted by Crippen LogP contribution is -2.60. The molecule has 4 fully saturated rings. The fourth-order valence-corrected chi connectivity index (χ4v) is 6.70. The molecule has 0 saturated heterocycles. The van der Waals surface area contributed by atoms with Crippen LogP contribution in [0.15, 0.2) is 12.3 Å². The quantitative estimate of drug-likeness (QED) is 0.478. The van der Waals surface area contributed by atoms with E-state index in [0.717, 1.165) is 44.5 Å². The number of hydrogen-bond donors (Lipinski definition) is 3. The SMILES string of the molecule is CCNC(=O)C(C)(C)C=Cn1ncc(C(=O)NC2C3CC4CC2CC(COC(N)=O)(C4)C3)c1C(F)(F)F. The van der Waals surface area contributed by atoms with Crippen LogP contribution in [0.1, 0.15) is 68.9 Å². The summed E-state index contributed by atoms with van der Waals surface area (Å²) in [4.78, 5) is 36.5. The van der Waals surface area contributed by atoms with Gasteiger partial charge in [-0.3, -0.25) is 9.59 Å². The number of ether oxygens (including phenoxy) is 1. The molecule has 0 radical (unpaired) electrons. The maximum absolute atomic E-state index is 14.1. The number of nitrogens with zero attached hydrogens (tertiary/aromatic N) is 2. The van der Waals surface area contributed by atoms with Crippen molar-refractivity contribution in [2.75, 3.05) is 13.2 Å². The Morgan fingerprint density at radius 2 is 1.86 bits per heavy atom. The standard InChI is InChI=1S/C25H34F3N5O4/c1-4-30-21(35)23(2,3)5-6-33-19(25(26,27)28)17(12-31-33)20(34)32-18-15-7-14-8-16(18)11-24(9-14,10-15)13-37-22(29)36/h5-6,12,14-16,18H,4,7-11,13H2,1-3H3,(H2,29,36)(H,30,35)(H,32,34). The predicted molar refractivity (Wildman–Crippen MR) is 128 cm³/mol. The molecule has 5 rings (SSSR count). The summed E-state index contributed by atoms with van der Waals surface area (Å²) < 4.78 is 47.9. The van der Waals surface area contributed by atoms with Gasteiger partial charge in [0.2, 0.25) is 5.91 Å². The van der Waals surface area contributed by atoms with Crippen LogP contribution in [0.5, 0.6) is 0 Å². The lowest BCUT2D eigenvalue weighted by Gasteiger charge is -2.59. The smallest absolute Gasteiger partial charge is 0.434 e.